The molecule has 1 atom stereocenters. The van der Waals surface area contributed by atoms with E-state index >= 15 is 0 Å². The molecule has 1 aliphatic heterocycles. The van der Waals surface area contributed by atoms with E-state index in [0.29, 0.717) is 18.9 Å². The Morgan fingerprint density at radius 2 is 2.16 bits per heavy atom. The third kappa shape index (κ3) is 7.09. The summed E-state index contributed by atoms with van der Waals surface area (Å²) < 4.78 is 10.3. The van der Waals surface area contributed by atoms with Gasteiger partial charge in [-0.25, -0.2) is 9.97 Å². The van der Waals surface area contributed by atoms with Gasteiger partial charge >= 0.3 is 5.97 Å². The molecular weight excluding hydrogens is 390 g/mol. The number of carbonyl (C=O) groups is 1. The Bertz CT molecular complexity index is 865. The summed E-state index contributed by atoms with van der Waals surface area (Å²) >= 11 is 0. The highest BCUT2D eigenvalue weighted by molar-refractivity contribution is 5.71. The number of fused-ring (bicyclic) bond motifs is 1. The second kappa shape index (κ2) is 12.1. The van der Waals surface area contributed by atoms with Crippen molar-refractivity contribution in [1.82, 2.24) is 9.97 Å². The molecule has 0 bridgehead atoms. The van der Waals surface area contributed by atoms with Crippen molar-refractivity contribution in [2.75, 3.05) is 25.6 Å². The fourth-order valence-corrected chi connectivity index (χ4v) is 3.77. The Labute approximate surface area is 185 Å². The summed E-state index contributed by atoms with van der Waals surface area (Å²) in [6, 6.07) is 8.15. The second-order valence-corrected chi connectivity index (χ2v) is 7.76. The number of hydrogen-bond donors (Lipinski definition) is 1. The van der Waals surface area contributed by atoms with Crippen LogP contribution in [0.25, 0.3) is 0 Å². The van der Waals surface area contributed by atoms with Gasteiger partial charge in [0.15, 0.2) is 0 Å². The molecule has 0 spiro atoms. The third-order valence-electron chi connectivity index (χ3n) is 5.46. The van der Waals surface area contributed by atoms with Crippen molar-refractivity contribution in [1.29, 1.82) is 0 Å². The molecule has 3 heterocycles. The standard InChI is InChI=1S/C25H33N3O3/c1-3-31-24(29)17-20(21-13-15-23(30-2)27-18-21)9-6-4-5-7-11-22-14-12-19-10-8-16-26-25(19)28-22/h6,9,12-15,18,20H,3-5,7-8,10-11,16-17H2,1-2H3,(H,26,28)/b9-6+/t20-/m1/s1. The van der Waals surface area contributed by atoms with Gasteiger partial charge in [-0.05, 0) is 62.6 Å². The molecule has 1 N–H and O–H groups in total. The van der Waals surface area contributed by atoms with Gasteiger partial charge in [-0.15, -0.1) is 0 Å². The number of carbonyl (C=O) groups excluding carboxylic acids is 1. The molecule has 0 saturated carbocycles. The van der Waals surface area contributed by atoms with Crippen LogP contribution in [0.5, 0.6) is 5.88 Å². The Balaban J connectivity index is 1.49. The van der Waals surface area contributed by atoms with E-state index in [4.69, 9.17) is 14.5 Å². The van der Waals surface area contributed by atoms with Crippen LogP contribution in [0.15, 0.2) is 42.6 Å². The molecule has 0 unspecified atom stereocenters. The fraction of sp³-hybridized carbons (Fsp3) is 0.480. The van der Waals surface area contributed by atoms with Crippen molar-refractivity contribution in [3.8, 4) is 5.88 Å². The average molecular weight is 424 g/mol. The van der Waals surface area contributed by atoms with Crippen molar-refractivity contribution in [2.24, 2.45) is 0 Å². The SMILES string of the molecule is CCOC(=O)C[C@@H](/C=C/CCCCc1ccc2c(n1)NCCC2)c1ccc(OC)nc1. The molecule has 1 aliphatic rings. The number of nitrogens with zero attached hydrogens (tertiary/aromatic N) is 2. The number of hydrogen-bond acceptors (Lipinski definition) is 6. The van der Waals surface area contributed by atoms with Crippen LogP contribution in [-0.2, 0) is 22.4 Å². The molecule has 0 radical (unpaired) electrons. The molecule has 31 heavy (non-hydrogen) atoms. The number of anilines is 1. The van der Waals surface area contributed by atoms with Gasteiger partial charge in [-0.2, -0.15) is 0 Å². The van der Waals surface area contributed by atoms with E-state index in [1.807, 2.05) is 19.1 Å². The first-order valence-electron chi connectivity index (χ1n) is 11.2. The van der Waals surface area contributed by atoms with Crippen LogP contribution >= 0.6 is 0 Å². The van der Waals surface area contributed by atoms with Gasteiger partial charge < -0.3 is 14.8 Å². The van der Waals surface area contributed by atoms with Crippen LogP contribution in [0.1, 0.15) is 61.8 Å². The van der Waals surface area contributed by atoms with Crippen LogP contribution in [-0.4, -0.2) is 36.2 Å². The van der Waals surface area contributed by atoms with Gasteiger partial charge in [-0.1, -0.05) is 24.3 Å². The highest BCUT2D eigenvalue weighted by Gasteiger charge is 2.15. The minimum absolute atomic E-state index is 0.0501. The molecule has 0 aliphatic carbocycles. The number of unbranched alkanes of at least 4 members (excludes halogenated alkanes) is 2. The van der Waals surface area contributed by atoms with Crippen molar-refractivity contribution >= 4 is 11.8 Å². The number of methoxy groups -OCH3 is 1. The van der Waals surface area contributed by atoms with E-state index in [1.165, 1.54) is 12.0 Å². The quantitative estimate of drug-likeness (QED) is 0.316. The molecule has 6 nitrogen and oxygen atoms in total. The zero-order valence-corrected chi connectivity index (χ0v) is 18.6. The summed E-state index contributed by atoms with van der Waals surface area (Å²) in [6.45, 7) is 3.23. The number of nitrogens with one attached hydrogen (secondary N) is 1. The van der Waals surface area contributed by atoms with E-state index in [9.17, 15) is 4.79 Å². The third-order valence-corrected chi connectivity index (χ3v) is 5.46. The molecule has 6 heteroatoms. The molecule has 0 amide bonds. The van der Waals surface area contributed by atoms with Crippen molar-refractivity contribution in [3.63, 3.8) is 0 Å². The lowest BCUT2D eigenvalue weighted by atomic mass is 9.96. The summed E-state index contributed by atoms with van der Waals surface area (Å²) in [5.74, 6) is 1.39. The maximum Gasteiger partial charge on any atom is 0.306 e. The van der Waals surface area contributed by atoms with E-state index in [0.717, 1.165) is 55.7 Å². The van der Waals surface area contributed by atoms with Gasteiger partial charge in [-0.3, -0.25) is 4.79 Å². The topological polar surface area (TPSA) is 73.3 Å². The Kier molecular flexibility index (Phi) is 8.88. The number of aromatic nitrogens is 2. The van der Waals surface area contributed by atoms with Gasteiger partial charge in [0.2, 0.25) is 5.88 Å². The Hall–Kier alpha value is -2.89. The first kappa shape index (κ1) is 22.8. The predicted molar refractivity (Wildman–Crippen MR) is 123 cm³/mol. The monoisotopic (exact) mass is 423 g/mol. The van der Waals surface area contributed by atoms with E-state index in [-0.39, 0.29) is 11.9 Å². The molecule has 2 aromatic rings. The lowest BCUT2D eigenvalue weighted by molar-refractivity contribution is -0.143. The summed E-state index contributed by atoms with van der Waals surface area (Å²) in [5.41, 5.74) is 3.47. The molecular formula is C25H33N3O3. The van der Waals surface area contributed by atoms with Crippen LogP contribution in [0.2, 0.25) is 0 Å². The molecule has 0 saturated heterocycles. The Morgan fingerprint density at radius 1 is 1.26 bits per heavy atom. The lowest BCUT2D eigenvalue weighted by Gasteiger charge is -2.17. The average Bonchev–Trinajstić information content (AvgIpc) is 2.80. The van der Waals surface area contributed by atoms with Gasteiger partial charge in [0.1, 0.15) is 5.82 Å². The van der Waals surface area contributed by atoms with E-state index < -0.39 is 0 Å². The first-order valence-corrected chi connectivity index (χ1v) is 11.2. The number of rotatable bonds is 11. The lowest BCUT2D eigenvalue weighted by Crippen LogP contribution is -2.13. The maximum atomic E-state index is 12.0. The van der Waals surface area contributed by atoms with E-state index in [2.05, 4.69) is 34.6 Å². The summed E-state index contributed by atoms with van der Waals surface area (Å²) in [7, 11) is 1.59. The first-order chi connectivity index (χ1) is 15.2. The number of esters is 1. The normalized spacial score (nSPS) is 14.0. The highest BCUT2D eigenvalue weighted by atomic mass is 16.5. The number of allylic oxidation sites excluding steroid dienone is 2. The maximum absolute atomic E-state index is 12.0. The smallest absolute Gasteiger partial charge is 0.306 e. The largest absolute Gasteiger partial charge is 0.481 e. The van der Waals surface area contributed by atoms with Crippen LogP contribution in [0, 0.1) is 0 Å². The number of ether oxygens (including phenoxy) is 2. The number of pyridine rings is 2. The molecule has 0 fully saturated rings. The molecule has 166 valence electrons. The summed E-state index contributed by atoms with van der Waals surface area (Å²) in [4.78, 5) is 21.1. The van der Waals surface area contributed by atoms with Crippen molar-refractivity contribution in [2.45, 2.75) is 57.8 Å². The zero-order valence-electron chi connectivity index (χ0n) is 18.6. The zero-order chi connectivity index (χ0) is 21.9. The fourth-order valence-electron chi connectivity index (χ4n) is 3.77. The minimum atomic E-state index is -0.194. The van der Waals surface area contributed by atoms with Crippen LogP contribution in [0.3, 0.4) is 0 Å². The molecule has 2 aromatic heterocycles. The van der Waals surface area contributed by atoms with Gasteiger partial charge in [0, 0.05) is 30.4 Å². The molecule has 0 aromatic carbocycles. The van der Waals surface area contributed by atoms with Crippen LogP contribution in [0.4, 0.5) is 5.82 Å². The van der Waals surface area contributed by atoms with Crippen molar-refractivity contribution < 1.29 is 14.3 Å². The minimum Gasteiger partial charge on any atom is -0.481 e. The van der Waals surface area contributed by atoms with Crippen LogP contribution < -0.4 is 10.1 Å². The molecule has 3 rings (SSSR count). The predicted octanol–water partition coefficient (Wildman–Crippen LogP) is 4.85. The Morgan fingerprint density at radius 3 is 2.94 bits per heavy atom. The second-order valence-electron chi connectivity index (χ2n) is 7.76. The van der Waals surface area contributed by atoms with Gasteiger partial charge in [0.25, 0.3) is 0 Å². The van der Waals surface area contributed by atoms with Crippen molar-refractivity contribution in [3.05, 3.63) is 59.4 Å². The summed E-state index contributed by atoms with van der Waals surface area (Å²) in [5, 5.41) is 3.40. The van der Waals surface area contributed by atoms with Gasteiger partial charge in [0.05, 0.1) is 20.1 Å². The highest BCUT2D eigenvalue weighted by Crippen LogP contribution is 2.24. The van der Waals surface area contributed by atoms with E-state index in [1.54, 1.807) is 13.3 Å². The summed E-state index contributed by atoms with van der Waals surface area (Å²) in [6.07, 6.45) is 12.8. The number of aryl methyl sites for hydroxylation is 2.